The highest BCUT2D eigenvalue weighted by molar-refractivity contribution is 7.93. The van der Waals surface area contributed by atoms with Crippen LogP contribution in [-0.2, 0) is 6.42 Å². The lowest BCUT2D eigenvalue weighted by Gasteiger charge is -2.39. The number of benzene rings is 1. The third kappa shape index (κ3) is 4.96. The maximum atomic E-state index is 8.81. The second-order valence-electron chi connectivity index (χ2n) is 5.76. The minimum atomic E-state index is 0.242. The molecule has 20 heavy (non-hydrogen) atoms. The molecule has 0 aromatic heterocycles. The van der Waals surface area contributed by atoms with E-state index in [0.29, 0.717) is 0 Å². The predicted molar refractivity (Wildman–Crippen MR) is 88.7 cm³/mol. The third-order valence-electron chi connectivity index (χ3n) is 4.18. The fourth-order valence-electron chi connectivity index (χ4n) is 3.13. The summed E-state index contributed by atoms with van der Waals surface area (Å²) in [5.41, 5.74) is 1.60. The minimum absolute atomic E-state index is 0.242. The first kappa shape index (κ1) is 16.2. The van der Waals surface area contributed by atoms with Gasteiger partial charge in [0.05, 0.1) is 0 Å². The summed E-state index contributed by atoms with van der Waals surface area (Å²) in [5.74, 6) is 0.810. The maximum absolute atomic E-state index is 8.81. The molecule has 2 rings (SSSR count). The number of halogens is 1. The second-order valence-corrected chi connectivity index (χ2v) is 6.86. The van der Waals surface area contributed by atoms with Crippen molar-refractivity contribution in [3.8, 4) is 0 Å². The summed E-state index contributed by atoms with van der Waals surface area (Å²) in [6.07, 6.45) is 8.59. The fourth-order valence-corrected chi connectivity index (χ4v) is 3.53. The van der Waals surface area contributed by atoms with Crippen LogP contribution in [0.5, 0.6) is 0 Å². The molecule has 0 unspecified atom stereocenters. The Bertz CT molecular complexity index is 390. The first-order valence-electron chi connectivity index (χ1n) is 7.50. The van der Waals surface area contributed by atoms with Gasteiger partial charge in [0.25, 0.3) is 0 Å². The molecule has 0 spiro atoms. The van der Waals surface area contributed by atoms with Gasteiger partial charge < -0.3 is 9.87 Å². The Morgan fingerprint density at radius 3 is 2.50 bits per heavy atom. The zero-order chi connectivity index (χ0) is 14.3. The lowest BCUT2D eigenvalue weighted by molar-refractivity contribution is 0.230. The molecule has 112 valence electrons. The molecule has 0 amide bonds. The molecule has 1 aromatic rings. The van der Waals surface area contributed by atoms with Crippen molar-refractivity contribution in [3.63, 3.8) is 0 Å². The number of hydrogen-bond donors (Lipinski definition) is 2. The van der Waals surface area contributed by atoms with Gasteiger partial charge in [-0.1, -0.05) is 43.0 Å². The largest absolute Gasteiger partial charge is 0.330 e. The second kappa shape index (κ2) is 8.28. The van der Waals surface area contributed by atoms with Gasteiger partial charge in [0, 0.05) is 16.3 Å². The van der Waals surface area contributed by atoms with Crippen LogP contribution in [0.3, 0.4) is 0 Å². The fraction of sp³-hybridized carbons (Fsp3) is 0.625. The average molecular weight is 314 g/mol. The van der Waals surface area contributed by atoms with E-state index >= 15 is 0 Å². The van der Waals surface area contributed by atoms with Crippen LogP contribution in [0.4, 0.5) is 0 Å². The summed E-state index contributed by atoms with van der Waals surface area (Å²) >= 11 is 6.90. The quantitative estimate of drug-likeness (QED) is 0.561. The molecule has 1 aliphatic carbocycles. The van der Waals surface area contributed by atoms with E-state index in [-0.39, 0.29) is 5.54 Å². The highest BCUT2D eigenvalue weighted by Crippen LogP contribution is 2.31. The Hall–Kier alpha value is -0.220. The van der Waals surface area contributed by atoms with Crippen LogP contribution in [0.1, 0.15) is 44.1 Å². The van der Waals surface area contributed by atoms with Gasteiger partial charge in [-0.05, 0) is 62.0 Å². The van der Waals surface area contributed by atoms with Crippen molar-refractivity contribution in [1.82, 2.24) is 5.32 Å². The van der Waals surface area contributed by atoms with Gasteiger partial charge in [0.1, 0.15) is 0 Å². The van der Waals surface area contributed by atoms with E-state index in [4.69, 9.17) is 16.2 Å². The topological polar surface area (TPSA) is 32.3 Å². The summed E-state index contributed by atoms with van der Waals surface area (Å²) < 4.78 is 8.81. The van der Waals surface area contributed by atoms with Crippen LogP contribution < -0.4 is 5.32 Å². The van der Waals surface area contributed by atoms with Crippen LogP contribution in [-0.4, -0.2) is 22.4 Å². The lowest BCUT2D eigenvalue weighted by Crippen LogP contribution is -2.49. The first-order valence-corrected chi connectivity index (χ1v) is 8.82. The molecule has 0 bridgehead atoms. The van der Waals surface area contributed by atoms with Gasteiger partial charge in [-0.15, -0.1) is 0 Å². The van der Waals surface area contributed by atoms with Crippen molar-refractivity contribution in [1.29, 1.82) is 0 Å². The molecule has 0 saturated heterocycles. The summed E-state index contributed by atoms with van der Waals surface area (Å²) in [6, 6.07) is 8.25. The van der Waals surface area contributed by atoms with Crippen molar-refractivity contribution < 1.29 is 4.55 Å². The summed E-state index contributed by atoms with van der Waals surface area (Å²) in [7, 11) is 0. The number of rotatable bonds is 7. The Balaban J connectivity index is 1.96. The number of hydrogen-bond acceptors (Lipinski definition) is 3. The molecule has 4 heteroatoms. The van der Waals surface area contributed by atoms with Crippen LogP contribution in [0, 0.1) is 0 Å². The van der Waals surface area contributed by atoms with E-state index in [1.165, 1.54) is 37.7 Å². The predicted octanol–water partition coefficient (Wildman–Crippen LogP) is 4.77. The van der Waals surface area contributed by atoms with E-state index in [9.17, 15) is 0 Å². The Morgan fingerprint density at radius 1 is 1.15 bits per heavy atom. The van der Waals surface area contributed by atoms with Gasteiger partial charge in [-0.2, -0.15) is 0 Å². The first-order chi connectivity index (χ1) is 9.74. The third-order valence-corrected chi connectivity index (χ3v) is 4.90. The molecule has 0 radical (unpaired) electrons. The maximum Gasteiger partial charge on any atom is 0.0406 e. The highest BCUT2D eigenvalue weighted by atomic mass is 35.5. The van der Waals surface area contributed by atoms with Crippen molar-refractivity contribution >= 4 is 23.6 Å². The molecule has 1 saturated carbocycles. The normalized spacial score (nSPS) is 18.1. The molecule has 0 heterocycles. The molecule has 1 aliphatic rings. The van der Waals surface area contributed by atoms with Gasteiger partial charge in [0.2, 0.25) is 0 Å². The van der Waals surface area contributed by atoms with Crippen LogP contribution >= 0.6 is 23.6 Å². The summed E-state index contributed by atoms with van der Waals surface area (Å²) in [6.45, 7) is 0.987. The van der Waals surface area contributed by atoms with Gasteiger partial charge in [-0.3, -0.25) is 0 Å². The van der Waals surface area contributed by atoms with E-state index < -0.39 is 0 Å². The van der Waals surface area contributed by atoms with E-state index in [1.807, 2.05) is 12.1 Å². The minimum Gasteiger partial charge on any atom is -0.330 e. The summed E-state index contributed by atoms with van der Waals surface area (Å²) in [5, 5.41) is 4.58. The molecular weight excluding hydrogens is 290 g/mol. The molecular formula is C16H24ClNOS. The Morgan fingerprint density at radius 2 is 1.85 bits per heavy atom. The smallest absolute Gasteiger partial charge is 0.0406 e. The van der Waals surface area contributed by atoms with Gasteiger partial charge in [-0.25, -0.2) is 0 Å². The Labute approximate surface area is 131 Å². The number of nitrogens with one attached hydrogen (secondary N) is 1. The van der Waals surface area contributed by atoms with E-state index in [0.717, 1.165) is 42.2 Å². The van der Waals surface area contributed by atoms with Crippen LogP contribution in [0.2, 0.25) is 5.02 Å². The molecule has 2 N–H and O–H groups in total. The van der Waals surface area contributed by atoms with Crippen LogP contribution in [0.25, 0.3) is 0 Å². The average Bonchev–Trinajstić information content (AvgIpc) is 2.47. The van der Waals surface area contributed by atoms with Gasteiger partial charge >= 0.3 is 0 Å². The SMILES string of the molecule is OSCCCNC1(Cc2ccc(Cl)cc2)CCCCC1. The molecule has 0 atom stereocenters. The standard InChI is InChI=1S/C16H24ClNOS/c17-15-7-5-14(6-8-15)13-16(9-2-1-3-10-16)18-11-4-12-20-19/h5-8,18-19H,1-4,9-13H2. The zero-order valence-corrected chi connectivity index (χ0v) is 13.5. The molecule has 1 aromatic carbocycles. The van der Waals surface area contributed by atoms with Crippen molar-refractivity contribution in [2.24, 2.45) is 0 Å². The monoisotopic (exact) mass is 313 g/mol. The molecule has 2 nitrogen and oxygen atoms in total. The van der Waals surface area contributed by atoms with E-state index in [2.05, 4.69) is 17.4 Å². The zero-order valence-electron chi connectivity index (χ0n) is 11.9. The summed E-state index contributed by atoms with van der Waals surface area (Å²) in [4.78, 5) is 0. The highest BCUT2D eigenvalue weighted by Gasteiger charge is 2.31. The molecule has 0 aliphatic heterocycles. The van der Waals surface area contributed by atoms with Crippen LogP contribution in [0.15, 0.2) is 24.3 Å². The van der Waals surface area contributed by atoms with Crippen molar-refractivity contribution in [3.05, 3.63) is 34.9 Å². The molecule has 1 fully saturated rings. The Kier molecular flexibility index (Phi) is 6.69. The van der Waals surface area contributed by atoms with Gasteiger partial charge in [0.15, 0.2) is 0 Å². The van der Waals surface area contributed by atoms with E-state index in [1.54, 1.807) is 0 Å². The van der Waals surface area contributed by atoms with Crippen molar-refractivity contribution in [2.45, 2.75) is 50.5 Å². The lowest BCUT2D eigenvalue weighted by atomic mass is 9.77. The van der Waals surface area contributed by atoms with Crippen molar-refractivity contribution in [2.75, 3.05) is 12.3 Å².